The average Bonchev–Trinajstić information content (AvgIpc) is 2.99. The molecular weight excluding hydrogens is 304 g/mol. The monoisotopic (exact) mass is 328 g/mol. The van der Waals surface area contributed by atoms with Gasteiger partial charge >= 0.3 is 0 Å². The standard InChI is InChI=1S/C17H24N6O/c1-13-19-6-8-22(13)11-14-5-4-7-23(12-14)16-10-18-9-15(20-16)17(24)21(2)3/h6,8-10,14H,4-5,7,11-12H2,1-3H3/t14-/m1/s1. The first kappa shape index (κ1) is 16.4. The van der Waals surface area contributed by atoms with E-state index >= 15 is 0 Å². The fourth-order valence-corrected chi connectivity index (χ4v) is 3.14. The van der Waals surface area contributed by atoms with Crippen molar-refractivity contribution in [1.29, 1.82) is 0 Å². The van der Waals surface area contributed by atoms with Crippen LogP contribution in [0.3, 0.4) is 0 Å². The predicted octanol–water partition coefficient (Wildman–Crippen LogP) is 1.60. The third kappa shape index (κ3) is 3.55. The minimum Gasteiger partial charge on any atom is -0.355 e. The summed E-state index contributed by atoms with van der Waals surface area (Å²) in [6.07, 6.45) is 9.46. The maximum atomic E-state index is 12.1. The van der Waals surface area contributed by atoms with Gasteiger partial charge in [-0.3, -0.25) is 9.78 Å². The van der Waals surface area contributed by atoms with Crippen LogP contribution in [0.15, 0.2) is 24.8 Å². The van der Waals surface area contributed by atoms with E-state index in [0.29, 0.717) is 11.6 Å². The highest BCUT2D eigenvalue weighted by Crippen LogP contribution is 2.23. The van der Waals surface area contributed by atoms with Gasteiger partial charge in [0.2, 0.25) is 0 Å². The number of amides is 1. The molecule has 0 bridgehead atoms. The molecule has 0 aliphatic carbocycles. The van der Waals surface area contributed by atoms with Crippen molar-refractivity contribution in [2.75, 3.05) is 32.1 Å². The number of imidazole rings is 1. The van der Waals surface area contributed by atoms with Crippen molar-refractivity contribution >= 4 is 11.7 Å². The highest BCUT2D eigenvalue weighted by Gasteiger charge is 2.23. The van der Waals surface area contributed by atoms with E-state index in [4.69, 9.17) is 0 Å². The topological polar surface area (TPSA) is 67.2 Å². The van der Waals surface area contributed by atoms with Crippen molar-refractivity contribution < 1.29 is 4.79 Å². The van der Waals surface area contributed by atoms with Gasteiger partial charge in [0, 0.05) is 46.1 Å². The van der Waals surface area contributed by atoms with Gasteiger partial charge in [0.25, 0.3) is 5.91 Å². The Kier molecular flexibility index (Phi) is 4.78. The third-order valence-electron chi connectivity index (χ3n) is 4.47. The van der Waals surface area contributed by atoms with E-state index in [1.807, 2.05) is 19.3 Å². The minimum atomic E-state index is -0.119. The zero-order valence-corrected chi connectivity index (χ0v) is 14.5. The Hall–Kier alpha value is -2.44. The Balaban J connectivity index is 1.71. The lowest BCUT2D eigenvalue weighted by Crippen LogP contribution is -2.38. The number of nitrogens with zero attached hydrogens (tertiary/aromatic N) is 6. The maximum absolute atomic E-state index is 12.1. The van der Waals surface area contributed by atoms with Gasteiger partial charge in [-0.2, -0.15) is 0 Å². The Bertz CT molecular complexity index is 711. The first-order valence-corrected chi connectivity index (χ1v) is 8.31. The van der Waals surface area contributed by atoms with E-state index in [1.54, 1.807) is 20.3 Å². The van der Waals surface area contributed by atoms with E-state index in [2.05, 4.69) is 24.4 Å². The van der Waals surface area contributed by atoms with E-state index in [1.165, 1.54) is 17.5 Å². The van der Waals surface area contributed by atoms with Crippen molar-refractivity contribution in [2.24, 2.45) is 5.92 Å². The number of carbonyl (C=O) groups excluding carboxylic acids is 1. The molecule has 2 aromatic rings. The first-order valence-electron chi connectivity index (χ1n) is 8.31. The fraction of sp³-hybridized carbons (Fsp3) is 0.529. The summed E-state index contributed by atoms with van der Waals surface area (Å²) in [5.74, 6) is 2.26. The second-order valence-electron chi connectivity index (χ2n) is 6.54. The summed E-state index contributed by atoms with van der Waals surface area (Å²) in [5, 5.41) is 0. The number of rotatable bonds is 4. The van der Waals surface area contributed by atoms with Crippen molar-refractivity contribution in [2.45, 2.75) is 26.3 Å². The molecule has 0 N–H and O–H groups in total. The largest absolute Gasteiger partial charge is 0.355 e. The number of carbonyl (C=O) groups is 1. The van der Waals surface area contributed by atoms with Crippen molar-refractivity contribution in [3.05, 3.63) is 36.3 Å². The molecule has 1 saturated heterocycles. The van der Waals surface area contributed by atoms with Crippen LogP contribution in [-0.4, -0.2) is 57.5 Å². The molecule has 0 spiro atoms. The predicted molar refractivity (Wildman–Crippen MR) is 92.0 cm³/mol. The van der Waals surface area contributed by atoms with Gasteiger partial charge in [0.05, 0.1) is 12.4 Å². The summed E-state index contributed by atoms with van der Waals surface area (Å²) in [4.78, 5) is 28.9. The summed E-state index contributed by atoms with van der Waals surface area (Å²) in [6.45, 7) is 4.87. The minimum absolute atomic E-state index is 0.119. The van der Waals surface area contributed by atoms with Crippen LogP contribution < -0.4 is 4.90 Å². The van der Waals surface area contributed by atoms with Crippen LogP contribution in [-0.2, 0) is 6.54 Å². The summed E-state index contributed by atoms with van der Waals surface area (Å²) in [6, 6.07) is 0. The first-order chi connectivity index (χ1) is 11.5. The maximum Gasteiger partial charge on any atom is 0.273 e. The van der Waals surface area contributed by atoms with E-state index in [0.717, 1.165) is 37.7 Å². The quantitative estimate of drug-likeness (QED) is 0.853. The lowest BCUT2D eigenvalue weighted by atomic mass is 9.98. The van der Waals surface area contributed by atoms with Crippen LogP contribution in [0, 0.1) is 12.8 Å². The van der Waals surface area contributed by atoms with Gasteiger partial charge in [0.1, 0.15) is 17.3 Å². The zero-order chi connectivity index (χ0) is 17.1. The second kappa shape index (κ2) is 6.98. The molecule has 128 valence electrons. The SMILES string of the molecule is Cc1nccn1C[C@H]1CCCN(c2cncc(C(=O)N(C)C)n2)C1. The highest BCUT2D eigenvalue weighted by molar-refractivity contribution is 5.91. The fourth-order valence-electron chi connectivity index (χ4n) is 3.14. The number of hydrogen-bond donors (Lipinski definition) is 0. The molecule has 0 radical (unpaired) electrons. The van der Waals surface area contributed by atoms with Crippen LogP contribution in [0.4, 0.5) is 5.82 Å². The Morgan fingerprint density at radius 2 is 2.21 bits per heavy atom. The number of aryl methyl sites for hydroxylation is 1. The zero-order valence-electron chi connectivity index (χ0n) is 14.5. The highest BCUT2D eigenvalue weighted by atomic mass is 16.2. The molecule has 7 nitrogen and oxygen atoms in total. The molecule has 3 heterocycles. The van der Waals surface area contributed by atoms with Crippen molar-refractivity contribution in [3.63, 3.8) is 0 Å². The van der Waals surface area contributed by atoms with E-state index < -0.39 is 0 Å². The van der Waals surface area contributed by atoms with Crippen LogP contribution in [0.2, 0.25) is 0 Å². The van der Waals surface area contributed by atoms with Crippen molar-refractivity contribution in [1.82, 2.24) is 24.4 Å². The summed E-state index contributed by atoms with van der Waals surface area (Å²) in [5.41, 5.74) is 0.394. The molecule has 1 aliphatic heterocycles. The molecule has 0 unspecified atom stereocenters. The van der Waals surface area contributed by atoms with Gasteiger partial charge in [0.15, 0.2) is 0 Å². The Morgan fingerprint density at radius 1 is 1.38 bits per heavy atom. The number of anilines is 1. The average molecular weight is 328 g/mol. The van der Waals surface area contributed by atoms with Gasteiger partial charge in [-0.15, -0.1) is 0 Å². The molecule has 24 heavy (non-hydrogen) atoms. The van der Waals surface area contributed by atoms with Crippen LogP contribution in [0.1, 0.15) is 29.2 Å². The Morgan fingerprint density at radius 3 is 2.92 bits per heavy atom. The van der Waals surface area contributed by atoms with Gasteiger partial charge in [-0.25, -0.2) is 9.97 Å². The molecule has 7 heteroatoms. The normalized spacial score (nSPS) is 17.8. The van der Waals surface area contributed by atoms with Crippen LogP contribution in [0.25, 0.3) is 0 Å². The molecule has 1 amide bonds. The molecule has 3 rings (SSSR count). The molecule has 1 atom stereocenters. The van der Waals surface area contributed by atoms with Crippen LogP contribution >= 0.6 is 0 Å². The molecular formula is C17H24N6O. The Labute approximate surface area is 142 Å². The summed E-state index contributed by atoms with van der Waals surface area (Å²) >= 11 is 0. The lowest BCUT2D eigenvalue weighted by Gasteiger charge is -2.33. The second-order valence-corrected chi connectivity index (χ2v) is 6.54. The number of piperidine rings is 1. The molecule has 1 fully saturated rings. The van der Waals surface area contributed by atoms with Crippen molar-refractivity contribution in [3.8, 4) is 0 Å². The smallest absolute Gasteiger partial charge is 0.273 e. The van der Waals surface area contributed by atoms with E-state index in [-0.39, 0.29) is 5.91 Å². The number of aromatic nitrogens is 4. The van der Waals surface area contributed by atoms with Gasteiger partial charge in [-0.05, 0) is 25.7 Å². The molecule has 0 saturated carbocycles. The number of hydrogen-bond acceptors (Lipinski definition) is 5. The van der Waals surface area contributed by atoms with Gasteiger partial charge in [-0.1, -0.05) is 0 Å². The van der Waals surface area contributed by atoms with Crippen LogP contribution in [0.5, 0.6) is 0 Å². The van der Waals surface area contributed by atoms with Gasteiger partial charge < -0.3 is 14.4 Å². The molecule has 2 aromatic heterocycles. The lowest BCUT2D eigenvalue weighted by molar-refractivity contribution is 0.0821. The molecule has 1 aliphatic rings. The molecule has 0 aromatic carbocycles. The summed E-state index contributed by atoms with van der Waals surface area (Å²) in [7, 11) is 3.45. The summed E-state index contributed by atoms with van der Waals surface area (Å²) < 4.78 is 2.20. The third-order valence-corrected chi connectivity index (χ3v) is 4.47. The van der Waals surface area contributed by atoms with E-state index in [9.17, 15) is 4.79 Å².